The Hall–Kier alpha value is -3.04. The van der Waals surface area contributed by atoms with Crippen LogP contribution in [0.15, 0.2) is 36.4 Å². The molecule has 1 aliphatic heterocycles. The van der Waals surface area contributed by atoms with Gasteiger partial charge >= 0.3 is 11.9 Å². The molecule has 0 amide bonds. The van der Waals surface area contributed by atoms with Gasteiger partial charge in [-0.05, 0) is 48.2 Å². The molecule has 1 fully saturated rings. The summed E-state index contributed by atoms with van der Waals surface area (Å²) in [6.45, 7) is 3.27. The quantitative estimate of drug-likeness (QED) is 0.441. The smallest absolute Gasteiger partial charge is 0.314 e. The van der Waals surface area contributed by atoms with E-state index in [0.717, 1.165) is 24.9 Å². The lowest BCUT2D eigenvalue weighted by Crippen LogP contribution is -2.39. The van der Waals surface area contributed by atoms with Gasteiger partial charge in [0.2, 0.25) is 0 Å². The third-order valence-electron chi connectivity index (χ3n) is 5.64. The largest absolute Gasteiger partial charge is 0.393 e. The first-order chi connectivity index (χ1) is 14.4. The van der Waals surface area contributed by atoms with Crippen molar-refractivity contribution in [2.45, 2.75) is 38.1 Å². The summed E-state index contributed by atoms with van der Waals surface area (Å²) in [6, 6.07) is 9.58. The highest BCUT2D eigenvalue weighted by Crippen LogP contribution is 2.52. The first-order valence-electron chi connectivity index (χ1n) is 9.89. The molecule has 4 rings (SSSR count). The molecular formula is C24H21F2NO3. The van der Waals surface area contributed by atoms with Crippen molar-refractivity contribution in [2.24, 2.45) is 0 Å². The third-order valence-corrected chi connectivity index (χ3v) is 5.64. The maximum atomic E-state index is 13.8. The molecule has 1 saturated carbocycles. The lowest BCUT2D eigenvalue weighted by atomic mass is 9.85. The molecule has 0 bridgehead atoms. The second-order valence-electron chi connectivity index (χ2n) is 7.93. The van der Waals surface area contributed by atoms with Crippen molar-refractivity contribution in [3.8, 4) is 11.8 Å². The summed E-state index contributed by atoms with van der Waals surface area (Å²) in [6.07, 6.45) is 2.27. The van der Waals surface area contributed by atoms with Crippen LogP contribution < -0.4 is 0 Å². The van der Waals surface area contributed by atoms with Gasteiger partial charge in [-0.25, -0.2) is 8.78 Å². The number of esters is 2. The molecule has 0 radical (unpaired) electrons. The van der Waals surface area contributed by atoms with Gasteiger partial charge in [0.15, 0.2) is 0 Å². The van der Waals surface area contributed by atoms with Crippen molar-refractivity contribution < 1.29 is 23.1 Å². The number of ether oxygens (including phenoxy) is 1. The zero-order chi connectivity index (χ0) is 21.3. The van der Waals surface area contributed by atoms with Crippen molar-refractivity contribution in [3.63, 3.8) is 0 Å². The first kappa shape index (κ1) is 20.2. The maximum absolute atomic E-state index is 13.8. The molecule has 0 aromatic heterocycles. The molecule has 0 atom stereocenters. The van der Waals surface area contributed by atoms with E-state index in [2.05, 4.69) is 21.5 Å². The van der Waals surface area contributed by atoms with E-state index in [1.165, 1.54) is 36.2 Å². The number of rotatable bonds is 3. The number of nitrogens with zero attached hydrogens (tertiary/aromatic N) is 1. The van der Waals surface area contributed by atoms with Gasteiger partial charge in [0.1, 0.15) is 11.6 Å². The number of fused-ring (bicyclic) bond motifs is 2. The average Bonchev–Trinajstić information content (AvgIpc) is 3.46. The fourth-order valence-electron chi connectivity index (χ4n) is 4.04. The van der Waals surface area contributed by atoms with Crippen LogP contribution in [0.2, 0.25) is 0 Å². The van der Waals surface area contributed by atoms with Crippen molar-refractivity contribution in [2.75, 3.05) is 13.1 Å². The maximum Gasteiger partial charge on any atom is 0.314 e. The van der Waals surface area contributed by atoms with E-state index >= 15 is 0 Å². The minimum Gasteiger partial charge on any atom is -0.393 e. The number of benzene rings is 2. The summed E-state index contributed by atoms with van der Waals surface area (Å²) in [5, 5.41) is 0. The van der Waals surface area contributed by atoms with E-state index in [1.807, 2.05) is 18.2 Å². The minimum absolute atomic E-state index is 0.0407. The molecule has 6 heteroatoms. The third kappa shape index (κ3) is 4.27. The topological polar surface area (TPSA) is 46.6 Å². The van der Waals surface area contributed by atoms with Gasteiger partial charge in [-0.3, -0.25) is 14.5 Å². The normalized spacial score (nSPS) is 16.4. The summed E-state index contributed by atoms with van der Waals surface area (Å²) >= 11 is 0. The van der Waals surface area contributed by atoms with Crippen LogP contribution in [0.25, 0.3) is 0 Å². The molecule has 0 N–H and O–H groups in total. The summed E-state index contributed by atoms with van der Waals surface area (Å²) in [5.41, 5.74) is 2.94. The van der Waals surface area contributed by atoms with Gasteiger partial charge in [-0.1, -0.05) is 24.0 Å². The van der Waals surface area contributed by atoms with E-state index < -0.39 is 23.6 Å². The van der Waals surface area contributed by atoms with Crippen LogP contribution in [0.4, 0.5) is 8.78 Å². The van der Waals surface area contributed by atoms with Gasteiger partial charge in [-0.2, -0.15) is 0 Å². The van der Waals surface area contributed by atoms with Gasteiger partial charge in [-0.15, -0.1) is 0 Å². The molecule has 4 nitrogen and oxygen atoms in total. The Bertz CT molecular complexity index is 1060. The highest BCUT2D eigenvalue weighted by atomic mass is 19.1. The number of halogens is 2. The predicted molar refractivity (Wildman–Crippen MR) is 106 cm³/mol. The highest BCUT2D eigenvalue weighted by Gasteiger charge is 2.48. The van der Waals surface area contributed by atoms with Crippen LogP contribution in [0.1, 0.15) is 48.4 Å². The molecule has 30 heavy (non-hydrogen) atoms. The molecule has 1 heterocycles. The molecule has 0 saturated heterocycles. The Morgan fingerprint density at radius 1 is 1.13 bits per heavy atom. The molecule has 154 valence electrons. The Labute approximate surface area is 173 Å². The summed E-state index contributed by atoms with van der Waals surface area (Å²) < 4.78 is 32.2. The Morgan fingerprint density at radius 3 is 2.53 bits per heavy atom. The van der Waals surface area contributed by atoms with Crippen LogP contribution in [-0.2, 0) is 26.3 Å². The summed E-state index contributed by atoms with van der Waals surface area (Å²) in [5.74, 6) is 3.07. The lowest BCUT2D eigenvalue weighted by Gasteiger charge is -2.35. The standard InChI is InChI=1S/C24H21F2NO3/c1-16(28)30-23(29)9-12-27-14-18-7-5-17(13-20(18)24(15-27)10-11-24)6-8-19-21(25)3-2-4-22(19)26/h2-5,7,13H,9-12,14-15H2,1H3. The van der Waals surface area contributed by atoms with Crippen LogP contribution >= 0.6 is 0 Å². The molecule has 2 aromatic rings. The average molecular weight is 409 g/mol. The zero-order valence-corrected chi connectivity index (χ0v) is 16.6. The highest BCUT2D eigenvalue weighted by molar-refractivity contribution is 5.84. The van der Waals surface area contributed by atoms with Crippen LogP contribution in [0.3, 0.4) is 0 Å². The van der Waals surface area contributed by atoms with Gasteiger partial charge in [0.25, 0.3) is 0 Å². The Morgan fingerprint density at radius 2 is 1.87 bits per heavy atom. The lowest BCUT2D eigenvalue weighted by molar-refractivity contribution is -0.158. The Balaban J connectivity index is 1.51. The predicted octanol–water partition coefficient (Wildman–Crippen LogP) is 3.69. The molecule has 2 aromatic carbocycles. The summed E-state index contributed by atoms with van der Waals surface area (Å²) in [4.78, 5) is 24.8. The second kappa shape index (κ2) is 8.00. The van der Waals surface area contributed by atoms with E-state index in [4.69, 9.17) is 0 Å². The van der Waals surface area contributed by atoms with Crippen LogP contribution in [0.5, 0.6) is 0 Å². The van der Waals surface area contributed by atoms with Crippen molar-refractivity contribution >= 4 is 11.9 Å². The van der Waals surface area contributed by atoms with E-state index in [1.54, 1.807) is 0 Å². The zero-order valence-electron chi connectivity index (χ0n) is 16.6. The van der Waals surface area contributed by atoms with E-state index in [9.17, 15) is 18.4 Å². The molecule has 0 unspecified atom stereocenters. The number of carbonyl (C=O) groups excluding carboxylic acids is 2. The second-order valence-corrected chi connectivity index (χ2v) is 7.93. The van der Waals surface area contributed by atoms with Gasteiger partial charge < -0.3 is 4.74 Å². The van der Waals surface area contributed by atoms with E-state index in [0.29, 0.717) is 13.1 Å². The Kier molecular flexibility index (Phi) is 5.40. The van der Waals surface area contributed by atoms with E-state index in [-0.39, 0.29) is 17.4 Å². The molecule has 1 aliphatic carbocycles. The van der Waals surface area contributed by atoms with Crippen LogP contribution in [0, 0.1) is 23.5 Å². The van der Waals surface area contributed by atoms with Crippen molar-refractivity contribution in [3.05, 3.63) is 70.3 Å². The van der Waals surface area contributed by atoms with Crippen LogP contribution in [-0.4, -0.2) is 29.9 Å². The van der Waals surface area contributed by atoms with Crippen molar-refractivity contribution in [1.29, 1.82) is 0 Å². The van der Waals surface area contributed by atoms with Gasteiger partial charge in [0, 0.05) is 37.5 Å². The van der Waals surface area contributed by atoms with Crippen molar-refractivity contribution in [1.82, 2.24) is 4.90 Å². The monoisotopic (exact) mass is 409 g/mol. The number of carbonyl (C=O) groups is 2. The first-order valence-corrected chi connectivity index (χ1v) is 9.89. The fourth-order valence-corrected chi connectivity index (χ4v) is 4.04. The SMILES string of the molecule is CC(=O)OC(=O)CCN1Cc2ccc(C#Cc3c(F)cccc3F)cc2C2(CC2)C1. The number of hydrogen-bond donors (Lipinski definition) is 0. The number of hydrogen-bond acceptors (Lipinski definition) is 4. The molecular weight excluding hydrogens is 388 g/mol. The van der Waals surface area contributed by atoms with Gasteiger partial charge in [0.05, 0.1) is 12.0 Å². The molecule has 1 spiro atoms. The summed E-state index contributed by atoms with van der Waals surface area (Å²) in [7, 11) is 0. The molecule has 2 aliphatic rings. The minimum atomic E-state index is -0.668. The fraction of sp³-hybridized carbons (Fsp3) is 0.333.